The van der Waals surface area contributed by atoms with Gasteiger partial charge in [0.15, 0.2) is 5.78 Å². The van der Waals surface area contributed by atoms with Gasteiger partial charge in [-0.05, 0) is 55.2 Å². The van der Waals surface area contributed by atoms with E-state index in [2.05, 4.69) is 15.9 Å². The molecule has 0 unspecified atom stereocenters. The van der Waals surface area contributed by atoms with Gasteiger partial charge in [0.1, 0.15) is 17.5 Å². The third-order valence-corrected chi connectivity index (χ3v) is 5.53. The second-order valence-electron chi connectivity index (χ2n) is 6.88. The first-order valence-electron chi connectivity index (χ1n) is 9.06. The number of nitrogens with zero attached hydrogens (tertiary/aromatic N) is 1. The van der Waals surface area contributed by atoms with E-state index in [0.29, 0.717) is 42.4 Å². The predicted molar refractivity (Wildman–Crippen MR) is 102 cm³/mol. The fourth-order valence-corrected chi connectivity index (χ4v) is 3.75. The Morgan fingerprint density at radius 3 is 2.39 bits per heavy atom. The number of hydrogen-bond donors (Lipinski definition) is 0. The average Bonchev–Trinajstić information content (AvgIpc) is 2.68. The van der Waals surface area contributed by atoms with Crippen LogP contribution in [0.1, 0.15) is 35.2 Å². The van der Waals surface area contributed by atoms with E-state index in [4.69, 9.17) is 0 Å². The van der Waals surface area contributed by atoms with Gasteiger partial charge in [-0.25, -0.2) is 13.2 Å². The molecule has 3 nitrogen and oxygen atoms in total. The molecule has 0 N–H and O–H groups in total. The molecule has 28 heavy (non-hydrogen) atoms. The number of hydrogen-bond acceptors (Lipinski definition) is 2. The topological polar surface area (TPSA) is 37.4 Å². The van der Waals surface area contributed by atoms with Crippen LogP contribution in [0.2, 0.25) is 0 Å². The molecule has 0 aliphatic carbocycles. The molecular weight excluding hydrogens is 435 g/mol. The number of benzene rings is 2. The molecule has 2 aromatic carbocycles. The normalized spacial score (nSPS) is 14.9. The summed E-state index contributed by atoms with van der Waals surface area (Å²) < 4.78 is 41.6. The van der Waals surface area contributed by atoms with Gasteiger partial charge in [-0.15, -0.1) is 0 Å². The molecule has 0 atom stereocenters. The number of Topliss-reactive ketones (excluding diaryl/α,β-unsaturated/α-hetero) is 1. The van der Waals surface area contributed by atoms with E-state index in [0.717, 1.165) is 18.2 Å². The fourth-order valence-electron chi connectivity index (χ4n) is 3.42. The number of aryl methyl sites for hydroxylation is 1. The molecule has 148 valence electrons. The van der Waals surface area contributed by atoms with E-state index in [9.17, 15) is 22.8 Å². The van der Waals surface area contributed by atoms with E-state index >= 15 is 0 Å². The van der Waals surface area contributed by atoms with E-state index in [1.54, 1.807) is 17.0 Å². The van der Waals surface area contributed by atoms with E-state index in [-0.39, 0.29) is 23.7 Å². The van der Waals surface area contributed by atoms with E-state index < -0.39 is 23.3 Å². The van der Waals surface area contributed by atoms with Crippen LogP contribution in [0.15, 0.2) is 40.9 Å². The number of likely N-dealkylation sites (tertiary alicyclic amines) is 1. The van der Waals surface area contributed by atoms with Crippen LogP contribution < -0.4 is 0 Å². The van der Waals surface area contributed by atoms with Crippen LogP contribution in [0.25, 0.3) is 0 Å². The summed E-state index contributed by atoms with van der Waals surface area (Å²) in [7, 11) is 0. The molecule has 0 bridgehead atoms. The zero-order valence-electron chi connectivity index (χ0n) is 15.1. The maximum absolute atomic E-state index is 13.9. The molecular formula is C21H19BrF3NO2. The highest BCUT2D eigenvalue weighted by molar-refractivity contribution is 9.10. The van der Waals surface area contributed by atoms with Gasteiger partial charge in [-0.1, -0.05) is 22.0 Å². The summed E-state index contributed by atoms with van der Waals surface area (Å²) >= 11 is 3.19. The van der Waals surface area contributed by atoms with Crippen molar-refractivity contribution in [3.63, 3.8) is 0 Å². The van der Waals surface area contributed by atoms with Gasteiger partial charge >= 0.3 is 0 Å². The lowest BCUT2D eigenvalue weighted by atomic mass is 9.88. The SMILES string of the molecule is O=C(c1cc(F)ccc1F)C1CCN(C(=O)CCc2ccc(Br)cc2F)CC1. The van der Waals surface area contributed by atoms with Gasteiger partial charge in [0, 0.05) is 29.9 Å². The lowest BCUT2D eigenvalue weighted by Crippen LogP contribution is -2.40. The Balaban J connectivity index is 1.53. The fraction of sp³-hybridized carbons (Fsp3) is 0.333. The smallest absolute Gasteiger partial charge is 0.222 e. The van der Waals surface area contributed by atoms with Crippen molar-refractivity contribution in [3.8, 4) is 0 Å². The molecule has 1 aliphatic rings. The van der Waals surface area contributed by atoms with Crippen LogP contribution in [0.3, 0.4) is 0 Å². The van der Waals surface area contributed by atoms with Crippen molar-refractivity contribution in [2.24, 2.45) is 5.92 Å². The van der Waals surface area contributed by atoms with Crippen LogP contribution in [0.5, 0.6) is 0 Å². The number of rotatable bonds is 5. The summed E-state index contributed by atoms with van der Waals surface area (Å²) in [4.78, 5) is 26.5. The van der Waals surface area contributed by atoms with Crippen molar-refractivity contribution in [1.29, 1.82) is 0 Å². The molecule has 1 amide bonds. The lowest BCUT2D eigenvalue weighted by molar-refractivity contribution is -0.132. The van der Waals surface area contributed by atoms with Gasteiger partial charge < -0.3 is 4.90 Å². The molecule has 2 aromatic rings. The first-order valence-corrected chi connectivity index (χ1v) is 9.85. The summed E-state index contributed by atoms with van der Waals surface area (Å²) in [5.74, 6) is -2.72. The van der Waals surface area contributed by atoms with Crippen molar-refractivity contribution >= 4 is 27.6 Å². The maximum Gasteiger partial charge on any atom is 0.222 e. The van der Waals surface area contributed by atoms with Crippen molar-refractivity contribution in [2.75, 3.05) is 13.1 Å². The Bertz CT molecular complexity index is 895. The number of ketones is 1. The van der Waals surface area contributed by atoms with Crippen molar-refractivity contribution in [3.05, 3.63) is 69.4 Å². The molecule has 1 fully saturated rings. The molecule has 1 heterocycles. The minimum atomic E-state index is -0.735. The quantitative estimate of drug-likeness (QED) is 0.602. The molecule has 1 saturated heterocycles. The van der Waals surface area contributed by atoms with Gasteiger partial charge in [-0.2, -0.15) is 0 Å². The zero-order chi connectivity index (χ0) is 20.3. The standard InChI is InChI=1S/C21H19BrF3NO2/c22-15-3-1-13(19(25)11-15)2-6-20(27)26-9-7-14(8-10-26)21(28)17-12-16(23)4-5-18(17)24/h1,3-5,11-12,14H,2,6-10H2. The Morgan fingerprint density at radius 2 is 1.71 bits per heavy atom. The molecule has 0 aromatic heterocycles. The van der Waals surface area contributed by atoms with Crippen LogP contribution in [0.4, 0.5) is 13.2 Å². The number of amides is 1. The summed E-state index contributed by atoms with van der Waals surface area (Å²) in [6, 6.07) is 7.57. The first-order chi connectivity index (χ1) is 13.3. The molecule has 1 aliphatic heterocycles. The molecule has 0 saturated carbocycles. The minimum absolute atomic E-state index is 0.106. The van der Waals surface area contributed by atoms with Gasteiger partial charge in [-0.3, -0.25) is 9.59 Å². The monoisotopic (exact) mass is 453 g/mol. The summed E-state index contributed by atoms with van der Waals surface area (Å²) in [6.07, 6.45) is 1.27. The largest absolute Gasteiger partial charge is 0.343 e. The minimum Gasteiger partial charge on any atom is -0.343 e. The van der Waals surface area contributed by atoms with Crippen LogP contribution in [-0.2, 0) is 11.2 Å². The lowest BCUT2D eigenvalue weighted by Gasteiger charge is -2.31. The molecule has 0 spiro atoms. The zero-order valence-corrected chi connectivity index (χ0v) is 16.6. The number of carbonyl (C=O) groups excluding carboxylic acids is 2. The Morgan fingerprint density at radius 1 is 1.00 bits per heavy atom. The number of piperidine rings is 1. The average molecular weight is 454 g/mol. The second-order valence-corrected chi connectivity index (χ2v) is 7.79. The van der Waals surface area contributed by atoms with Gasteiger partial charge in [0.05, 0.1) is 5.56 Å². The Kier molecular flexibility index (Phi) is 6.54. The maximum atomic E-state index is 13.9. The Hall–Kier alpha value is -2.15. The van der Waals surface area contributed by atoms with Crippen LogP contribution in [0, 0.1) is 23.4 Å². The summed E-state index contributed by atoms with van der Waals surface area (Å²) in [5, 5.41) is 0. The highest BCUT2D eigenvalue weighted by atomic mass is 79.9. The van der Waals surface area contributed by atoms with E-state index in [1.807, 2.05) is 0 Å². The van der Waals surface area contributed by atoms with Crippen molar-refractivity contribution in [1.82, 2.24) is 4.90 Å². The number of carbonyl (C=O) groups is 2. The third-order valence-electron chi connectivity index (χ3n) is 5.04. The van der Waals surface area contributed by atoms with Crippen LogP contribution in [-0.4, -0.2) is 29.7 Å². The predicted octanol–water partition coefficient (Wildman–Crippen LogP) is 4.92. The molecule has 7 heteroatoms. The van der Waals surface area contributed by atoms with Crippen molar-refractivity contribution < 1.29 is 22.8 Å². The van der Waals surface area contributed by atoms with Crippen LogP contribution >= 0.6 is 15.9 Å². The number of halogens is 4. The summed E-state index contributed by atoms with van der Waals surface area (Å²) in [6.45, 7) is 0.740. The molecule has 3 rings (SSSR count). The second kappa shape index (κ2) is 8.90. The van der Waals surface area contributed by atoms with E-state index in [1.165, 1.54) is 6.07 Å². The first kappa shape index (κ1) is 20.6. The van der Waals surface area contributed by atoms with Gasteiger partial charge in [0.25, 0.3) is 0 Å². The molecule has 0 radical (unpaired) electrons. The highest BCUT2D eigenvalue weighted by Gasteiger charge is 2.29. The van der Waals surface area contributed by atoms with Crippen molar-refractivity contribution in [2.45, 2.75) is 25.7 Å². The summed E-state index contributed by atoms with van der Waals surface area (Å²) in [5.41, 5.74) is 0.235. The highest BCUT2D eigenvalue weighted by Crippen LogP contribution is 2.24. The van der Waals surface area contributed by atoms with Gasteiger partial charge in [0.2, 0.25) is 5.91 Å². The Labute approximate surface area is 169 Å². The third kappa shape index (κ3) is 4.82.